The second-order valence-corrected chi connectivity index (χ2v) is 9.04. The van der Waals surface area contributed by atoms with Gasteiger partial charge in [-0.25, -0.2) is 0 Å². The number of rotatable bonds is 12. The van der Waals surface area contributed by atoms with Crippen molar-refractivity contribution in [3.8, 4) is 5.75 Å². The molecule has 0 aliphatic carbocycles. The van der Waals surface area contributed by atoms with Gasteiger partial charge in [0.25, 0.3) is 0 Å². The number of aromatic nitrogens is 3. The maximum Gasteiger partial charge on any atom is 0.232 e. The predicted octanol–water partition coefficient (Wildman–Crippen LogP) is 6.50. The molecule has 0 unspecified atom stereocenters. The van der Waals surface area contributed by atoms with E-state index in [1.807, 2.05) is 26.0 Å². The summed E-state index contributed by atoms with van der Waals surface area (Å²) in [5, 5.41) is 14.8. The van der Waals surface area contributed by atoms with E-state index in [4.69, 9.17) is 0 Å². The van der Waals surface area contributed by atoms with E-state index in [-0.39, 0.29) is 0 Å². The smallest absolute Gasteiger partial charge is 0.232 e. The lowest BCUT2D eigenvalue weighted by Gasteiger charge is -2.11. The number of anilines is 2. The highest BCUT2D eigenvalue weighted by Crippen LogP contribution is 2.28. The summed E-state index contributed by atoms with van der Waals surface area (Å²) in [6, 6.07) is 3.82. The van der Waals surface area contributed by atoms with Crippen molar-refractivity contribution in [2.75, 3.05) is 16.8 Å². The van der Waals surface area contributed by atoms with Gasteiger partial charge in [0.15, 0.2) is 10.3 Å². The van der Waals surface area contributed by atoms with E-state index < -0.39 is 0 Å². The molecule has 5 nitrogen and oxygen atoms in total. The highest BCUT2D eigenvalue weighted by Gasteiger charge is 2.10. The van der Waals surface area contributed by atoms with Crippen LogP contribution in [0.2, 0.25) is 0 Å². The van der Waals surface area contributed by atoms with Crippen LogP contribution in [0, 0.1) is 13.8 Å². The largest absolute Gasteiger partial charge is 0.507 e. The van der Waals surface area contributed by atoms with Crippen LogP contribution in [0.15, 0.2) is 22.4 Å². The number of benzene rings is 1. The summed E-state index contributed by atoms with van der Waals surface area (Å²) >= 11 is 3.39. The number of thioether (sulfide) groups is 2. The van der Waals surface area contributed by atoms with E-state index >= 15 is 0 Å². The maximum atomic E-state index is 9.99. The zero-order valence-electron chi connectivity index (χ0n) is 17.4. The molecule has 0 atom stereocenters. The Hall–Kier alpha value is -1.47. The Morgan fingerprint density at radius 3 is 1.79 bits per heavy atom. The first kappa shape index (κ1) is 22.8. The Labute approximate surface area is 177 Å². The molecule has 154 valence electrons. The maximum absolute atomic E-state index is 9.99. The first-order chi connectivity index (χ1) is 13.5. The summed E-state index contributed by atoms with van der Waals surface area (Å²) in [4.78, 5) is 13.9. The molecule has 0 spiro atoms. The molecule has 0 amide bonds. The van der Waals surface area contributed by atoms with Crippen LogP contribution in [-0.4, -0.2) is 31.6 Å². The summed E-state index contributed by atoms with van der Waals surface area (Å²) < 4.78 is 0. The van der Waals surface area contributed by atoms with Gasteiger partial charge < -0.3 is 10.4 Å². The van der Waals surface area contributed by atoms with Crippen molar-refractivity contribution in [3.05, 3.63) is 23.3 Å². The van der Waals surface area contributed by atoms with E-state index in [0.29, 0.717) is 11.7 Å². The quantitative estimate of drug-likeness (QED) is 0.230. The first-order valence-electron chi connectivity index (χ1n) is 10.1. The number of phenols is 1. The van der Waals surface area contributed by atoms with E-state index in [2.05, 4.69) is 34.1 Å². The van der Waals surface area contributed by atoms with E-state index in [1.165, 1.54) is 38.5 Å². The fraction of sp³-hybridized carbons (Fsp3) is 0.571. The molecule has 0 saturated carbocycles. The van der Waals surface area contributed by atoms with E-state index in [9.17, 15) is 5.11 Å². The van der Waals surface area contributed by atoms with Gasteiger partial charge in [0.05, 0.1) is 0 Å². The minimum absolute atomic E-state index is 0.334. The van der Waals surface area contributed by atoms with Gasteiger partial charge in [0.2, 0.25) is 5.95 Å². The second-order valence-electron chi connectivity index (χ2n) is 6.92. The van der Waals surface area contributed by atoms with Gasteiger partial charge >= 0.3 is 0 Å². The van der Waals surface area contributed by atoms with Crippen LogP contribution < -0.4 is 5.32 Å². The summed E-state index contributed by atoms with van der Waals surface area (Å²) in [5.41, 5.74) is 2.54. The van der Waals surface area contributed by atoms with Gasteiger partial charge in [-0.1, -0.05) is 63.1 Å². The minimum Gasteiger partial charge on any atom is -0.507 e. The topological polar surface area (TPSA) is 70.9 Å². The lowest BCUT2D eigenvalue weighted by molar-refractivity contribution is 0.467. The van der Waals surface area contributed by atoms with Crippen LogP contribution in [0.1, 0.15) is 63.5 Å². The number of aromatic hydroxyl groups is 1. The van der Waals surface area contributed by atoms with E-state index in [1.54, 1.807) is 23.5 Å². The first-order valence-corrected chi connectivity index (χ1v) is 12.1. The molecule has 0 aliphatic heterocycles. The van der Waals surface area contributed by atoms with Crippen LogP contribution >= 0.6 is 23.5 Å². The van der Waals surface area contributed by atoms with Crippen LogP contribution in [0.5, 0.6) is 5.75 Å². The monoisotopic (exact) mass is 420 g/mol. The Balaban J connectivity index is 2.15. The molecule has 1 aromatic heterocycles. The standard InChI is InChI=1S/C21H32N4OS2/c1-5-7-9-11-27-20-23-19(24-21(25-20)28-12-10-8-6-2)22-17-13-15(3)18(26)16(4)14-17/h13-14,26H,5-12H2,1-4H3,(H,22,23,24,25). The number of unbranched alkanes of at least 4 members (excludes halogenated alkanes) is 4. The van der Waals surface area contributed by atoms with Crippen molar-refractivity contribution in [3.63, 3.8) is 0 Å². The highest BCUT2D eigenvalue weighted by atomic mass is 32.2. The Morgan fingerprint density at radius 2 is 1.32 bits per heavy atom. The number of nitrogens with one attached hydrogen (secondary N) is 1. The third-order valence-corrected chi connectivity index (χ3v) is 6.17. The summed E-state index contributed by atoms with van der Waals surface area (Å²) in [6.07, 6.45) is 7.23. The number of hydrogen-bond acceptors (Lipinski definition) is 7. The Bertz CT molecular complexity index is 702. The summed E-state index contributed by atoms with van der Waals surface area (Å²) in [5.74, 6) is 2.94. The third-order valence-electron chi connectivity index (χ3n) is 4.30. The molecule has 0 aliphatic rings. The molecular formula is C21H32N4OS2. The van der Waals surface area contributed by atoms with Crippen molar-refractivity contribution in [1.29, 1.82) is 0 Å². The van der Waals surface area contributed by atoms with Gasteiger partial charge in [-0.15, -0.1) is 0 Å². The second kappa shape index (κ2) is 12.2. The zero-order valence-corrected chi connectivity index (χ0v) is 19.0. The van der Waals surface area contributed by atoms with Crippen LogP contribution in [-0.2, 0) is 0 Å². The molecule has 2 rings (SSSR count). The molecule has 1 aromatic carbocycles. The van der Waals surface area contributed by atoms with Crippen molar-refractivity contribution in [2.45, 2.75) is 76.5 Å². The summed E-state index contributed by atoms with van der Waals surface area (Å²) in [6.45, 7) is 8.21. The number of phenolic OH excluding ortho intramolecular Hbond substituents is 1. The van der Waals surface area contributed by atoms with Crippen LogP contribution in [0.4, 0.5) is 11.6 Å². The normalized spacial score (nSPS) is 11.0. The molecule has 0 bridgehead atoms. The minimum atomic E-state index is 0.334. The molecule has 28 heavy (non-hydrogen) atoms. The lowest BCUT2D eigenvalue weighted by atomic mass is 10.1. The van der Waals surface area contributed by atoms with Crippen LogP contribution in [0.3, 0.4) is 0 Å². The number of nitrogens with zero attached hydrogens (tertiary/aromatic N) is 3. The third kappa shape index (κ3) is 7.51. The Morgan fingerprint density at radius 1 is 0.821 bits per heavy atom. The Kier molecular flexibility index (Phi) is 9.92. The molecule has 0 saturated heterocycles. The van der Waals surface area contributed by atoms with Gasteiger partial charge in [0, 0.05) is 17.2 Å². The van der Waals surface area contributed by atoms with E-state index in [0.717, 1.165) is 38.6 Å². The number of aryl methyl sites for hydroxylation is 2. The fourth-order valence-corrected chi connectivity index (χ4v) is 4.44. The van der Waals surface area contributed by atoms with Gasteiger partial charge in [-0.05, 0) is 49.9 Å². The molecular weight excluding hydrogens is 388 g/mol. The van der Waals surface area contributed by atoms with Crippen molar-refractivity contribution in [2.24, 2.45) is 0 Å². The average Bonchev–Trinajstić information content (AvgIpc) is 2.67. The molecule has 0 fully saturated rings. The van der Waals surface area contributed by atoms with Gasteiger partial charge in [0.1, 0.15) is 5.75 Å². The average molecular weight is 421 g/mol. The predicted molar refractivity (Wildman–Crippen MR) is 121 cm³/mol. The fourth-order valence-electron chi connectivity index (χ4n) is 2.71. The van der Waals surface area contributed by atoms with Gasteiger partial charge in [-0.3, -0.25) is 0 Å². The molecule has 0 radical (unpaired) electrons. The van der Waals surface area contributed by atoms with Crippen LogP contribution in [0.25, 0.3) is 0 Å². The SMILES string of the molecule is CCCCCSc1nc(Nc2cc(C)c(O)c(C)c2)nc(SCCCCC)n1. The molecule has 2 aromatic rings. The molecule has 2 N–H and O–H groups in total. The molecule has 7 heteroatoms. The lowest BCUT2D eigenvalue weighted by Crippen LogP contribution is -2.03. The molecule has 1 heterocycles. The summed E-state index contributed by atoms with van der Waals surface area (Å²) in [7, 11) is 0. The van der Waals surface area contributed by atoms with Crippen molar-refractivity contribution in [1.82, 2.24) is 15.0 Å². The van der Waals surface area contributed by atoms with Crippen molar-refractivity contribution < 1.29 is 5.11 Å². The highest BCUT2D eigenvalue weighted by molar-refractivity contribution is 7.99. The van der Waals surface area contributed by atoms with Gasteiger partial charge in [-0.2, -0.15) is 15.0 Å². The zero-order chi connectivity index (χ0) is 20.4. The number of hydrogen-bond donors (Lipinski definition) is 2. The van der Waals surface area contributed by atoms with Crippen molar-refractivity contribution >= 4 is 35.2 Å².